The first-order chi connectivity index (χ1) is 9.59. The summed E-state index contributed by atoms with van der Waals surface area (Å²) in [6.07, 6.45) is 0. The van der Waals surface area contributed by atoms with Crippen molar-refractivity contribution in [3.8, 4) is 0 Å². The van der Waals surface area contributed by atoms with Gasteiger partial charge in [-0.25, -0.2) is 4.39 Å². The Labute approximate surface area is 117 Å². The topological polar surface area (TPSA) is 40.5 Å². The summed E-state index contributed by atoms with van der Waals surface area (Å²) in [5.41, 5.74) is 1.24. The van der Waals surface area contributed by atoms with Crippen LogP contribution in [0.25, 0.3) is 0 Å². The molecule has 3 nitrogen and oxygen atoms in total. The van der Waals surface area contributed by atoms with E-state index in [2.05, 4.69) is 0 Å². The second kappa shape index (κ2) is 6.19. The average Bonchev–Trinajstić information content (AvgIpc) is 2.45. The van der Waals surface area contributed by atoms with Crippen molar-refractivity contribution < 1.29 is 14.3 Å². The molecule has 0 heterocycles. The van der Waals surface area contributed by atoms with E-state index in [4.69, 9.17) is 5.11 Å². The van der Waals surface area contributed by atoms with Gasteiger partial charge in [0.2, 0.25) is 0 Å². The first-order valence-electron chi connectivity index (χ1n) is 6.37. The summed E-state index contributed by atoms with van der Waals surface area (Å²) < 4.78 is 13.9. The lowest BCUT2D eigenvalue weighted by Crippen LogP contribution is -2.32. The van der Waals surface area contributed by atoms with E-state index >= 15 is 0 Å². The maximum absolute atomic E-state index is 13.9. The quantitative estimate of drug-likeness (QED) is 0.906. The average molecular weight is 273 g/mol. The fraction of sp³-hybridized carbons (Fsp3) is 0.188. The molecule has 2 rings (SSSR count). The molecule has 2 aromatic rings. The third-order valence-corrected chi connectivity index (χ3v) is 3.22. The molecule has 0 aliphatic heterocycles. The Morgan fingerprint density at radius 2 is 1.75 bits per heavy atom. The van der Waals surface area contributed by atoms with Gasteiger partial charge >= 0.3 is 5.97 Å². The number of halogens is 1. The molecule has 104 valence electrons. The van der Waals surface area contributed by atoms with Gasteiger partial charge in [0, 0.05) is 11.3 Å². The molecule has 0 fully saturated rings. The number of carbonyl (C=O) groups is 1. The zero-order valence-electron chi connectivity index (χ0n) is 11.2. The van der Waals surface area contributed by atoms with Gasteiger partial charge in [-0.05, 0) is 25.1 Å². The van der Waals surface area contributed by atoms with Gasteiger partial charge in [-0.1, -0.05) is 36.4 Å². The van der Waals surface area contributed by atoms with Crippen LogP contribution in [0.3, 0.4) is 0 Å². The van der Waals surface area contributed by atoms with Crippen molar-refractivity contribution >= 4 is 11.7 Å². The van der Waals surface area contributed by atoms with Gasteiger partial charge in [-0.3, -0.25) is 4.79 Å². The molecule has 2 aromatic carbocycles. The lowest BCUT2D eigenvalue weighted by Gasteiger charge is -2.30. The van der Waals surface area contributed by atoms with E-state index in [0.29, 0.717) is 5.56 Å². The van der Waals surface area contributed by atoms with E-state index in [1.54, 1.807) is 30.0 Å². The molecule has 0 spiro atoms. The van der Waals surface area contributed by atoms with E-state index in [0.717, 1.165) is 5.69 Å². The van der Waals surface area contributed by atoms with E-state index in [1.165, 1.54) is 6.07 Å². The third-order valence-electron chi connectivity index (χ3n) is 3.22. The highest BCUT2D eigenvalue weighted by atomic mass is 19.1. The Morgan fingerprint density at radius 1 is 1.15 bits per heavy atom. The molecule has 0 amide bonds. The van der Waals surface area contributed by atoms with E-state index in [1.807, 2.05) is 30.3 Å². The molecule has 0 aliphatic rings. The highest BCUT2D eigenvalue weighted by molar-refractivity contribution is 5.74. The first kappa shape index (κ1) is 14.1. The molecule has 20 heavy (non-hydrogen) atoms. The van der Waals surface area contributed by atoms with Crippen LogP contribution in [0.5, 0.6) is 0 Å². The van der Waals surface area contributed by atoms with Crippen molar-refractivity contribution in [2.75, 3.05) is 11.4 Å². The number of aliphatic carboxylic acids is 1. The fourth-order valence-corrected chi connectivity index (χ4v) is 2.20. The molecule has 0 aliphatic carbocycles. The SMILES string of the molecule is CC(c1ccccc1F)N(CC(=O)O)c1ccccc1. The number of rotatable bonds is 5. The normalized spacial score (nSPS) is 11.9. The van der Waals surface area contributed by atoms with Crippen molar-refractivity contribution in [1.82, 2.24) is 0 Å². The first-order valence-corrected chi connectivity index (χ1v) is 6.37. The van der Waals surface area contributed by atoms with Crippen LogP contribution in [0.15, 0.2) is 54.6 Å². The van der Waals surface area contributed by atoms with Crippen LogP contribution in [0.2, 0.25) is 0 Å². The summed E-state index contributed by atoms with van der Waals surface area (Å²) in [5, 5.41) is 9.07. The Bertz CT molecular complexity index is 586. The molecule has 0 radical (unpaired) electrons. The second-order valence-electron chi connectivity index (χ2n) is 4.55. The summed E-state index contributed by atoms with van der Waals surface area (Å²) in [6.45, 7) is 1.62. The Kier molecular flexibility index (Phi) is 4.35. The maximum atomic E-state index is 13.9. The van der Waals surface area contributed by atoms with E-state index in [9.17, 15) is 9.18 Å². The zero-order valence-corrected chi connectivity index (χ0v) is 11.2. The van der Waals surface area contributed by atoms with Gasteiger partial charge in [0.25, 0.3) is 0 Å². The Morgan fingerprint density at radius 3 is 2.35 bits per heavy atom. The molecule has 1 N–H and O–H groups in total. The molecule has 0 saturated carbocycles. The van der Waals surface area contributed by atoms with Crippen LogP contribution in [0.4, 0.5) is 10.1 Å². The number of hydrogen-bond donors (Lipinski definition) is 1. The van der Waals surface area contributed by atoms with Crippen LogP contribution >= 0.6 is 0 Å². The van der Waals surface area contributed by atoms with Crippen LogP contribution in [-0.4, -0.2) is 17.6 Å². The summed E-state index contributed by atoms with van der Waals surface area (Å²) in [7, 11) is 0. The minimum absolute atomic E-state index is 0.181. The highest BCUT2D eigenvalue weighted by Gasteiger charge is 2.21. The number of anilines is 1. The van der Waals surface area contributed by atoms with Crippen LogP contribution in [-0.2, 0) is 4.79 Å². The van der Waals surface area contributed by atoms with Gasteiger partial charge in [-0.15, -0.1) is 0 Å². The van der Waals surface area contributed by atoms with Crippen molar-refractivity contribution in [3.05, 3.63) is 66.0 Å². The smallest absolute Gasteiger partial charge is 0.323 e. The van der Waals surface area contributed by atoms with E-state index < -0.39 is 5.97 Å². The molecule has 1 unspecified atom stereocenters. The summed E-state index contributed by atoms with van der Waals surface area (Å²) in [4.78, 5) is 12.7. The summed E-state index contributed by atoms with van der Waals surface area (Å²) in [6, 6.07) is 15.2. The number of nitrogens with zero attached hydrogens (tertiary/aromatic N) is 1. The Balaban J connectivity index is 2.37. The van der Waals surface area contributed by atoms with Crippen molar-refractivity contribution in [2.45, 2.75) is 13.0 Å². The second-order valence-corrected chi connectivity index (χ2v) is 4.55. The lowest BCUT2D eigenvalue weighted by molar-refractivity contribution is -0.135. The number of hydrogen-bond acceptors (Lipinski definition) is 2. The molecule has 0 saturated heterocycles. The third kappa shape index (κ3) is 3.15. The molecule has 4 heteroatoms. The van der Waals surface area contributed by atoms with Gasteiger partial charge in [-0.2, -0.15) is 0 Å². The fourth-order valence-electron chi connectivity index (χ4n) is 2.20. The summed E-state index contributed by atoms with van der Waals surface area (Å²) >= 11 is 0. The van der Waals surface area contributed by atoms with Gasteiger partial charge in [0.1, 0.15) is 12.4 Å². The summed E-state index contributed by atoms with van der Waals surface area (Å²) in [5.74, 6) is -1.27. The van der Waals surface area contributed by atoms with Crippen molar-refractivity contribution in [1.29, 1.82) is 0 Å². The zero-order chi connectivity index (χ0) is 14.5. The standard InChI is InChI=1S/C16H16FNO2/c1-12(14-9-5-6-10-15(14)17)18(11-16(19)20)13-7-3-2-4-8-13/h2-10,12H,11H2,1H3,(H,19,20). The molecular formula is C16H16FNO2. The predicted octanol–water partition coefficient (Wildman–Crippen LogP) is 3.48. The lowest BCUT2D eigenvalue weighted by atomic mass is 10.1. The van der Waals surface area contributed by atoms with Crippen molar-refractivity contribution in [2.24, 2.45) is 0 Å². The highest BCUT2D eigenvalue weighted by Crippen LogP contribution is 2.27. The van der Waals surface area contributed by atoms with E-state index in [-0.39, 0.29) is 18.4 Å². The largest absolute Gasteiger partial charge is 0.480 e. The van der Waals surface area contributed by atoms with Crippen LogP contribution in [0.1, 0.15) is 18.5 Å². The van der Waals surface area contributed by atoms with Crippen molar-refractivity contribution in [3.63, 3.8) is 0 Å². The van der Waals surface area contributed by atoms with Gasteiger partial charge in [0.15, 0.2) is 0 Å². The van der Waals surface area contributed by atoms with Gasteiger partial charge < -0.3 is 10.0 Å². The molecule has 0 aromatic heterocycles. The monoisotopic (exact) mass is 273 g/mol. The number of benzene rings is 2. The van der Waals surface area contributed by atoms with Crippen LogP contribution in [0, 0.1) is 5.82 Å². The predicted molar refractivity (Wildman–Crippen MR) is 76.2 cm³/mol. The number of carboxylic acid groups (broad SMARTS) is 1. The maximum Gasteiger partial charge on any atom is 0.323 e. The molecule has 1 atom stereocenters. The Hall–Kier alpha value is -2.36. The minimum atomic E-state index is -0.947. The van der Waals surface area contributed by atoms with Crippen LogP contribution < -0.4 is 4.90 Å². The number of para-hydroxylation sites is 1. The molecule has 0 bridgehead atoms. The van der Waals surface area contributed by atoms with Gasteiger partial charge in [0.05, 0.1) is 6.04 Å². The number of carboxylic acids is 1. The minimum Gasteiger partial charge on any atom is -0.480 e. The molecular weight excluding hydrogens is 257 g/mol.